The lowest BCUT2D eigenvalue weighted by Crippen LogP contribution is -2.38. The number of carbonyl (C=O) groups excluding carboxylic acids is 2. The minimum absolute atomic E-state index is 0.0670. The topological polar surface area (TPSA) is 67.4 Å². The summed E-state index contributed by atoms with van der Waals surface area (Å²) in [4.78, 5) is 23.0. The van der Waals surface area contributed by atoms with Crippen molar-refractivity contribution in [3.8, 4) is 5.75 Å². The van der Waals surface area contributed by atoms with Crippen molar-refractivity contribution < 1.29 is 27.5 Å². The summed E-state index contributed by atoms with van der Waals surface area (Å²) in [7, 11) is 0. The van der Waals surface area contributed by atoms with Crippen LogP contribution in [-0.4, -0.2) is 35.7 Å². The van der Waals surface area contributed by atoms with Gasteiger partial charge in [0.05, 0.1) is 5.69 Å². The highest BCUT2D eigenvalue weighted by atomic mass is 32.2. The maximum absolute atomic E-state index is 12.3. The summed E-state index contributed by atoms with van der Waals surface area (Å²) in [6, 6.07) is 3.79. The minimum atomic E-state index is -4.47. The first kappa shape index (κ1) is 16.5. The van der Waals surface area contributed by atoms with Gasteiger partial charge in [-0.15, -0.1) is 0 Å². The number of rotatable bonds is 4. The van der Waals surface area contributed by atoms with Gasteiger partial charge in [-0.25, -0.2) is 0 Å². The van der Waals surface area contributed by atoms with Crippen molar-refractivity contribution in [2.24, 2.45) is 0 Å². The van der Waals surface area contributed by atoms with Crippen molar-refractivity contribution in [3.63, 3.8) is 0 Å². The van der Waals surface area contributed by atoms with Gasteiger partial charge >= 0.3 is 6.18 Å². The molecular formula is C13H13F3N2O3S. The number of aryl methyl sites for hydroxylation is 1. The molecule has 22 heavy (non-hydrogen) atoms. The maximum Gasteiger partial charge on any atom is 0.422 e. The third-order valence-electron chi connectivity index (χ3n) is 2.78. The van der Waals surface area contributed by atoms with Gasteiger partial charge in [0.2, 0.25) is 5.91 Å². The lowest BCUT2D eigenvalue weighted by Gasteiger charge is -2.16. The average molecular weight is 334 g/mol. The standard InChI is InChI=1S/C13H13F3N2O3S/c1-7-2-3-8(10(4-7)21-6-13(14,15)16)17-11(19)9-5-22-12(20)18-9/h2-4,9H,5-6H2,1H3,(H,17,19)(H,18,20). The monoisotopic (exact) mass is 334 g/mol. The number of ether oxygens (including phenoxy) is 1. The Balaban J connectivity index is 2.09. The molecule has 0 aliphatic carbocycles. The van der Waals surface area contributed by atoms with Crippen molar-refractivity contribution in [1.29, 1.82) is 0 Å². The second-order valence-corrected chi connectivity index (χ2v) is 5.68. The van der Waals surface area contributed by atoms with Crippen molar-refractivity contribution in [1.82, 2.24) is 5.32 Å². The molecule has 2 amide bonds. The lowest BCUT2D eigenvalue weighted by atomic mass is 10.2. The molecule has 1 saturated heterocycles. The smallest absolute Gasteiger partial charge is 0.422 e. The summed E-state index contributed by atoms with van der Waals surface area (Å²) in [5.74, 6) is -0.295. The SMILES string of the molecule is Cc1ccc(NC(=O)C2CSC(=O)N2)c(OCC(F)(F)F)c1. The third-order valence-corrected chi connectivity index (χ3v) is 3.66. The molecule has 1 aliphatic heterocycles. The van der Waals surface area contributed by atoms with E-state index in [1.165, 1.54) is 12.1 Å². The van der Waals surface area contributed by atoms with E-state index in [2.05, 4.69) is 10.6 Å². The summed E-state index contributed by atoms with van der Waals surface area (Å²) >= 11 is 0.974. The van der Waals surface area contributed by atoms with Crippen LogP contribution < -0.4 is 15.4 Å². The summed E-state index contributed by atoms with van der Waals surface area (Å²) < 4.78 is 41.5. The van der Waals surface area contributed by atoms with Crippen LogP contribution >= 0.6 is 11.8 Å². The van der Waals surface area contributed by atoms with Crippen LogP contribution in [0.3, 0.4) is 0 Å². The number of alkyl halides is 3. The molecule has 9 heteroatoms. The van der Waals surface area contributed by atoms with Crippen LogP contribution in [-0.2, 0) is 4.79 Å². The highest BCUT2D eigenvalue weighted by Gasteiger charge is 2.30. The maximum atomic E-state index is 12.3. The fraction of sp³-hybridized carbons (Fsp3) is 0.385. The Morgan fingerprint density at radius 2 is 2.23 bits per heavy atom. The van der Waals surface area contributed by atoms with E-state index < -0.39 is 24.7 Å². The number of carbonyl (C=O) groups is 2. The number of amides is 2. The van der Waals surface area contributed by atoms with Crippen molar-refractivity contribution in [2.75, 3.05) is 17.7 Å². The molecule has 1 fully saturated rings. The van der Waals surface area contributed by atoms with Crippen LogP contribution in [0.4, 0.5) is 23.7 Å². The van der Waals surface area contributed by atoms with Gasteiger partial charge in [-0.1, -0.05) is 17.8 Å². The Kier molecular flexibility index (Phi) is 4.84. The molecule has 1 aromatic carbocycles. The van der Waals surface area contributed by atoms with Gasteiger partial charge in [0.15, 0.2) is 6.61 Å². The first-order valence-electron chi connectivity index (χ1n) is 6.29. The predicted octanol–water partition coefficient (Wildman–Crippen LogP) is 2.70. The number of hydrogen-bond acceptors (Lipinski definition) is 4. The van der Waals surface area contributed by atoms with E-state index in [0.29, 0.717) is 5.56 Å². The third kappa shape index (κ3) is 4.55. The molecule has 1 aromatic rings. The average Bonchev–Trinajstić information content (AvgIpc) is 2.85. The molecule has 2 N–H and O–H groups in total. The van der Waals surface area contributed by atoms with Crippen LogP contribution in [0.2, 0.25) is 0 Å². The highest BCUT2D eigenvalue weighted by Crippen LogP contribution is 2.28. The lowest BCUT2D eigenvalue weighted by molar-refractivity contribution is -0.153. The molecule has 120 valence electrons. The van der Waals surface area contributed by atoms with Gasteiger partial charge in [0.1, 0.15) is 11.8 Å². The molecule has 1 atom stereocenters. The van der Waals surface area contributed by atoms with Gasteiger partial charge in [0.25, 0.3) is 5.24 Å². The Morgan fingerprint density at radius 3 is 2.82 bits per heavy atom. The van der Waals surface area contributed by atoms with Gasteiger partial charge in [0, 0.05) is 5.75 Å². The van der Waals surface area contributed by atoms with E-state index >= 15 is 0 Å². The fourth-order valence-corrected chi connectivity index (χ4v) is 2.54. The normalized spacial score (nSPS) is 18.0. The summed E-state index contributed by atoms with van der Waals surface area (Å²) in [5.41, 5.74) is 0.825. The molecule has 1 heterocycles. The summed E-state index contributed by atoms with van der Waals surface area (Å²) in [5, 5.41) is 4.62. The number of benzene rings is 1. The molecule has 1 unspecified atom stereocenters. The van der Waals surface area contributed by atoms with Gasteiger partial charge in [-0.3, -0.25) is 9.59 Å². The first-order chi connectivity index (χ1) is 10.2. The van der Waals surface area contributed by atoms with E-state index in [4.69, 9.17) is 4.74 Å². The van der Waals surface area contributed by atoms with Crippen LogP contribution in [0.1, 0.15) is 5.56 Å². The summed E-state index contributed by atoms with van der Waals surface area (Å²) in [6.07, 6.45) is -4.47. The van der Waals surface area contributed by atoms with E-state index in [9.17, 15) is 22.8 Å². The van der Waals surface area contributed by atoms with Crippen molar-refractivity contribution in [3.05, 3.63) is 23.8 Å². The van der Waals surface area contributed by atoms with Crippen molar-refractivity contribution >= 4 is 28.6 Å². The second-order valence-electron chi connectivity index (χ2n) is 4.69. The zero-order valence-corrected chi connectivity index (χ0v) is 12.3. The zero-order chi connectivity index (χ0) is 16.3. The molecule has 0 bridgehead atoms. The number of thioether (sulfide) groups is 1. The largest absolute Gasteiger partial charge is 0.482 e. The molecular weight excluding hydrogens is 321 g/mol. The van der Waals surface area contributed by atoms with E-state index in [1.807, 2.05) is 0 Å². The first-order valence-corrected chi connectivity index (χ1v) is 7.27. The van der Waals surface area contributed by atoms with Crippen LogP contribution in [0.5, 0.6) is 5.75 Å². The number of halogens is 3. The molecule has 0 radical (unpaired) electrons. The highest BCUT2D eigenvalue weighted by molar-refractivity contribution is 8.14. The Bertz CT molecular complexity index is 592. The van der Waals surface area contributed by atoms with Crippen molar-refractivity contribution in [2.45, 2.75) is 19.1 Å². The van der Waals surface area contributed by atoms with E-state index in [0.717, 1.165) is 11.8 Å². The Morgan fingerprint density at radius 1 is 1.50 bits per heavy atom. The van der Waals surface area contributed by atoms with Crippen LogP contribution in [0, 0.1) is 6.92 Å². The van der Waals surface area contributed by atoms with Gasteiger partial charge in [-0.2, -0.15) is 13.2 Å². The number of nitrogens with one attached hydrogen (secondary N) is 2. The molecule has 1 aliphatic rings. The fourth-order valence-electron chi connectivity index (χ4n) is 1.76. The number of hydrogen-bond donors (Lipinski definition) is 2. The molecule has 0 spiro atoms. The Hall–Kier alpha value is -1.90. The number of anilines is 1. The predicted molar refractivity (Wildman–Crippen MR) is 76.1 cm³/mol. The second kappa shape index (κ2) is 6.47. The zero-order valence-electron chi connectivity index (χ0n) is 11.5. The van der Waals surface area contributed by atoms with Gasteiger partial charge < -0.3 is 15.4 Å². The molecule has 0 saturated carbocycles. The quantitative estimate of drug-likeness (QED) is 0.888. The van der Waals surface area contributed by atoms with E-state index in [-0.39, 0.29) is 22.4 Å². The van der Waals surface area contributed by atoms with Crippen LogP contribution in [0.15, 0.2) is 18.2 Å². The van der Waals surface area contributed by atoms with Crippen LogP contribution in [0.25, 0.3) is 0 Å². The van der Waals surface area contributed by atoms with E-state index in [1.54, 1.807) is 13.0 Å². The molecule has 5 nitrogen and oxygen atoms in total. The van der Waals surface area contributed by atoms with Gasteiger partial charge in [-0.05, 0) is 24.6 Å². The minimum Gasteiger partial charge on any atom is -0.482 e. The molecule has 2 rings (SSSR count). The summed E-state index contributed by atoms with van der Waals surface area (Å²) in [6.45, 7) is 0.245. The molecule has 0 aromatic heterocycles. The Labute approximate surface area is 128 Å².